The summed E-state index contributed by atoms with van der Waals surface area (Å²) in [7, 11) is 3.86. The summed E-state index contributed by atoms with van der Waals surface area (Å²) >= 11 is 1.71. The molecular weight excluding hydrogens is 284 g/mol. The van der Waals surface area contributed by atoms with Crippen LogP contribution in [0.5, 0.6) is 0 Å². The number of hydrogen-bond donors (Lipinski definition) is 2. The molecule has 0 unspecified atom stereocenters. The average molecular weight is 312 g/mol. The van der Waals surface area contributed by atoms with E-state index < -0.39 is 0 Å². The van der Waals surface area contributed by atoms with Crippen LogP contribution in [0.2, 0.25) is 0 Å². The molecule has 0 aliphatic rings. The first-order chi connectivity index (χ1) is 10.3. The molecule has 0 spiro atoms. The third-order valence-electron chi connectivity index (χ3n) is 3.03. The van der Waals surface area contributed by atoms with Crippen LogP contribution in [-0.4, -0.2) is 57.8 Å². The van der Waals surface area contributed by atoms with Crippen LogP contribution < -0.4 is 10.6 Å². The zero-order chi connectivity index (χ0) is 15.3. The van der Waals surface area contributed by atoms with Crippen LogP contribution in [0.15, 0.2) is 21.8 Å². The first-order valence-corrected chi connectivity index (χ1v) is 8.41. The largest absolute Gasteiger partial charge is 0.383 e. The summed E-state index contributed by atoms with van der Waals surface area (Å²) < 4.78 is 5.07. The molecule has 0 amide bonds. The summed E-state index contributed by atoms with van der Waals surface area (Å²) in [5, 5.41) is 10.9. The number of ether oxygens (including phenoxy) is 1. The van der Waals surface area contributed by atoms with Crippen molar-refractivity contribution in [2.24, 2.45) is 4.99 Å². The highest BCUT2D eigenvalue weighted by molar-refractivity contribution is 7.07. The van der Waals surface area contributed by atoms with Gasteiger partial charge in [0.1, 0.15) is 0 Å². The number of hydrogen-bond acceptors (Lipinski definition) is 4. The molecule has 0 fully saturated rings. The van der Waals surface area contributed by atoms with E-state index in [1.165, 1.54) is 5.56 Å². The normalized spacial score (nSPS) is 11.9. The summed E-state index contributed by atoms with van der Waals surface area (Å²) in [5.41, 5.74) is 1.26. The molecule has 2 N–H and O–H groups in total. The van der Waals surface area contributed by atoms with E-state index in [0.717, 1.165) is 51.7 Å². The Labute approximate surface area is 132 Å². The van der Waals surface area contributed by atoms with E-state index in [4.69, 9.17) is 4.74 Å². The van der Waals surface area contributed by atoms with Crippen LogP contribution >= 0.6 is 11.3 Å². The SMILES string of the molecule is CCNC(=NCc1ccsc1)NCCCN(C)CCOC. The molecule has 0 saturated heterocycles. The molecule has 0 saturated carbocycles. The molecule has 0 aliphatic carbocycles. The predicted octanol–water partition coefficient (Wildman–Crippen LogP) is 1.77. The summed E-state index contributed by atoms with van der Waals surface area (Å²) in [4.78, 5) is 6.87. The van der Waals surface area contributed by atoms with Crippen LogP contribution in [0.1, 0.15) is 18.9 Å². The number of aliphatic imine (C=N–C) groups is 1. The number of guanidine groups is 1. The number of rotatable bonds is 10. The minimum atomic E-state index is 0.729. The van der Waals surface area contributed by atoms with Gasteiger partial charge in [0, 0.05) is 26.7 Å². The molecule has 5 nitrogen and oxygen atoms in total. The van der Waals surface area contributed by atoms with Gasteiger partial charge in [0.15, 0.2) is 5.96 Å². The van der Waals surface area contributed by atoms with Crippen LogP contribution in [0, 0.1) is 0 Å². The lowest BCUT2D eigenvalue weighted by Crippen LogP contribution is -2.38. The summed E-state index contributed by atoms with van der Waals surface area (Å²) in [6.45, 7) is 7.43. The van der Waals surface area contributed by atoms with E-state index in [0.29, 0.717) is 0 Å². The Morgan fingerprint density at radius 2 is 2.24 bits per heavy atom. The van der Waals surface area contributed by atoms with Crippen molar-refractivity contribution in [1.82, 2.24) is 15.5 Å². The molecule has 6 heteroatoms. The van der Waals surface area contributed by atoms with Crippen molar-refractivity contribution in [1.29, 1.82) is 0 Å². The zero-order valence-corrected chi connectivity index (χ0v) is 14.2. The van der Waals surface area contributed by atoms with Crippen molar-refractivity contribution in [3.63, 3.8) is 0 Å². The highest BCUT2D eigenvalue weighted by Gasteiger charge is 2.00. The van der Waals surface area contributed by atoms with Gasteiger partial charge in [-0.1, -0.05) is 0 Å². The minimum absolute atomic E-state index is 0.729. The van der Waals surface area contributed by atoms with Crippen molar-refractivity contribution in [3.8, 4) is 0 Å². The number of nitrogens with one attached hydrogen (secondary N) is 2. The third-order valence-corrected chi connectivity index (χ3v) is 3.76. The first-order valence-electron chi connectivity index (χ1n) is 7.47. The lowest BCUT2D eigenvalue weighted by molar-refractivity contribution is 0.161. The number of methoxy groups -OCH3 is 1. The topological polar surface area (TPSA) is 48.9 Å². The molecule has 1 aromatic rings. The molecule has 1 heterocycles. The molecule has 0 radical (unpaired) electrons. The van der Waals surface area contributed by atoms with Crippen LogP contribution in [-0.2, 0) is 11.3 Å². The van der Waals surface area contributed by atoms with E-state index in [2.05, 4.69) is 51.3 Å². The Bertz CT molecular complexity index is 381. The molecule has 0 aromatic carbocycles. The van der Waals surface area contributed by atoms with Gasteiger partial charge in [-0.25, -0.2) is 4.99 Å². The van der Waals surface area contributed by atoms with Gasteiger partial charge < -0.3 is 20.3 Å². The van der Waals surface area contributed by atoms with Gasteiger partial charge in [-0.15, -0.1) is 0 Å². The van der Waals surface area contributed by atoms with E-state index in [9.17, 15) is 0 Å². The lowest BCUT2D eigenvalue weighted by atomic mass is 10.3. The van der Waals surface area contributed by atoms with Crippen molar-refractivity contribution < 1.29 is 4.74 Å². The van der Waals surface area contributed by atoms with Gasteiger partial charge in [-0.3, -0.25) is 0 Å². The fourth-order valence-corrected chi connectivity index (χ4v) is 2.47. The van der Waals surface area contributed by atoms with E-state index in [1.54, 1.807) is 18.4 Å². The molecule has 21 heavy (non-hydrogen) atoms. The fourth-order valence-electron chi connectivity index (χ4n) is 1.81. The van der Waals surface area contributed by atoms with Crippen molar-refractivity contribution in [2.45, 2.75) is 19.9 Å². The maximum Gasteiger partial charge on any atom is 0.191 e. The molecule has 1 rings (SSSR count). The summed E-state index contributed by atoms with van der Waals surface area (Å²) in [6.07, 6.45) is 1.09. The van der Waals surface area contributed by atoms with Crippen LogP contribution in [0.4, 0.5) is 0 Å². The van der Waals surface area contributed by atoms with Gasteiger partial charge in [0.25, 0.3) is 0 Å². The van der Waals surface area contributed by atoms with Gasteiger partial charge in [-0.2, -0.15) is 11.3 Å². The Morgan fingerprint density at radius 1 is 1.38 bits per heavy atom. The van der Waals surface area contributed by atoms with Gasteiger partial charge >= 0.3 is 0 Å². The van der Waals surface area contributed by atoms with E-state index >= 15 is 0 Å². The predicted molar refractivity (Wildman–Crippen MR) is 91.1 cm³/mol. The van der Waals surface area contributed by atoms with Crippen molar-refractivity contribution >= 4 is 17.3 Å². The molecule has 120 valence electrons. The smallest absolute Gasteiger partial charge is 0.191 e. The zero-order valence-electron chi connectivity index (χ0n) is 13.4. The third kappa shape index (κ3) is 8.70. The van der Waals surface area contributed by atoms with Crippen molar-refractivity contribution in [2.75, 3.05) is 46.9 Å². The Balaban J connectivity index is 2.23. The second-order valence-electron chi connectivity index (χ2n) is 4.90. The molecule has 1 aromatic heterocycles. The monoisotopic (exact) mass is 312 g/mol. The maximum absolute atomic E-state index is 5.07. The standard InChI is InChI=1S/C15H28N4OS/c1-4-16-15(18-12-14-6-11-21-13-14)17-7-5-8-19(2)9-10-20-3/h6,11,13H,4-5,7-10,12H2,1-3H3,(H2,16,17,18). The quantitative estimate of drug-likeness (QED) is 0.393. The second-order valence-corrected chi connectivity index (χ2v) is 5.68. The Morgan fingerprint density at radius 3 is 2.90 bits per heavy atom. The second kappa shape index (κ2) is 11.5. The van der Waals surface area contributed by atoms with E-state index in [1.807, 2.05) is 0 Å². The molecule has 0 bridgehead atoms. The van der Waals surface area contributed by atoms with Gasteiger partial charge in [-0.05, 0) is 49.3 Å². The fraction of sp³-hybridized carbons (Fsp3) is 0.667. The lowest BCUT2D eigenvalue weighted by Gasteiger charge is -2.16. The van der Waals surface area contributed by atoms with Gasteiger partial charge in [0.2, 0.25) is 0 Å². The highest BCUT2D eigenvalue weighted by Crippen LogP contribution is 2.06. The van der Waals surface area contributed by atoms with Gasteiger partial charge in [0.05, 0.1) is 13.2 Å². The molecule has 0 aliphatic heterocycles. The first kappa shape index (κ1) is 17.9. The Kier molecular flexibility index (Phi) is 9.86. The number of likely N-dealkylation sites (N-methyl/N-ethyl adjacent to an activating group) is 1. The van der Waals surface area contributed by atoms with Crippen LogP contribution in [0.3, 0.4) is 0 Å². The summed E-state index contributed by atoms with van der Waals surface area (Å²) in [6, 6.07) is 2.11. The minimum Gasteiger partial charge on any atom is -0.383 e. The van der Waals surface area contributed by atoms with E-state index in [-0.39, 0.29) is 0 Å². The Hall–Kier alpha value is -1.11. The summed E-state index contributed by atoms with van der Waals surface area (Å²) in [5.74, 6) is 0.892. The molecule has 0 atom stereocenters. The number of thiophene rings is 1. The maximum atomic E-state index is 5.07. The average Bonchev–Trinajstić information content (AvgIpc) is 3.00. The highest BCUT2D eigenvalue weighted by atomic mass is 32.1. The number of nitrogens with zero attached hydrogens (tertiary/aromatic N) is 2. The molecular formula is C15H28N4OS. The van der Waals surface area contributed by atoms with Crippen LogP contribution in [0.25, 0.3) is 0 Å². The van der Waals surface area contributed by atoms with Crippen molar-refractivity contribution in [3.05, 3.63) is 22.4 Å².